The lowest BCUT2D eigenvalue weighted by Gasteiger charge is -2.36. The second kappa shape index (κ2) is 5.40. The molecule has 19 heavy (non-hydrogen) atoms. The van der Waals surface area contributed by atoms with Gasteiger partial charge in [-0.1, -0.05) is 11.6 Å². The minimum atomic E-state index is 0.701. The number of piperazine rings is 1. The van der Waals surface area contributed by atoms with E-state index in [0.29, 0.717) is 5.02 Å². The molecule has 0 amide bonds. The van der Waals surface area contributed by atoms with Crippen molar-refractivity contribution in [2.75, 3.05) is 36.0 Å². The van der Waals surface area contributed by atoms with Gasteiger partial charge in [0, 0.05) is 51.0 Å². The Balaban J connectivity index is 1.69. The van der Waals surface area contributed by atoms with Gasteiger partial charge in [0.05, 0.1) is 10.7 Å². The lowest BCUT2D eigenvalue weighted by molar-refractivity contribution is 0.640. The Kier molecular flexibility index (Phi) is 3.46. The Labute approximate surface area is 116 Å². The van der Waals surface area contributed by atoms with E-state index in [-0.39, 0.29) is 0 Å². The fourth-order valence-corrected chi connectivity index (χ4v) is 2.47. The molecule has 0 N–H and O–H groups in total. The Morgan fingerprint density at radius 1 is 0.947 bits per heavy atom. The molecule has 1 aliphatic rings. The van der Waals surface area contributed by atoms with Crippen LogP contribution in [0.3, 0.4) is 0 Å². The Morgan fingerprint density at radius 2 is 1.63 bits per heavy atom. The number of pyridine rings is 1. The highest BCUT2D eigenvalue weighted by molar-refractivity contribution is 6.33. The quantitative estimate of drug-likeness (QED) is 0.837. The highest BCUT2D eigenvalue weighted by Crippen LogP contribution is 2.25. The van der Waals surface area contributed by atoms with Crippen LogP contribution in [0.1, 0.15) is 0 Å². The average molecular weight is 276 g/mol. The van der Waals surface area contributed by atoms with Crippen molar-refractivity contribution in [2.24, 2.45) is 0 Å². The molecule has 1 aliphatic heterocycles. The largest absolute Gasteiger partial charge is 0.367 e. The molecule has 1 fully saturated rings. The zero-order chi connectivity index (χ0) is 13.1. The van der Waals surface area contributed by atoms with Crippen molar-refractivity contribution in [1.82, 2.24) is 15.0 Å². The number of hydrogen-bond donors (Lipinski definition) is 0. The van der Waals surface area contributed by atoms with Crippen molar-refractivity contribution in [1.29, 1.82) is 0 Å². The van der Waals surface area contributed by atoms with Gasteiger partial charge in [0.25, 0.3) is 0 Å². The van der Waals surface area contributed by atoms with Crippen LogP contribution in [0, 0.1) is 0 Å². The van der Waals surface area contributed by atoms with Crippen molar-refractivity contribution in [3.8, 4) is 0 Å². The van der Waals surface area contributed by atoms with Crippen LogP contribution in [-0.4, -0.2) is 41.1 Å². The maximum absolute atomic E-state index is 6.17. The number of anilines is 2. The van der Waals surface area contributed by atoms with Gasteiger partial charge in [-0.25, -0.2) is 9.97 Å². The summed E-state index contributed by atoms with van der Waals surface area (Å²) in [5, 5.41) is 0.701. The van der Waals surface area contributed by atoms with E-state index in [9.17, 15) is 0 Å². The standard InChI is InChI=1S/C13H14ClN5/c14-11-10-15-5-2-12(11)18-6-8-19(9-7-18)13-16-3-1-4-17-13/h1-5,10H,6-9H2. The van der Waals surface area contributed by atoms with Crippen LogP contribution in [0.15, 0.2) is 36.9 Å². The molecule has 0 atom stereocenters. The Morgan fingerprint density at radius 3 is 2.32 bits per heavy atom. The monoisotopic (exact) mass is 275 g/mol. The molecule has 2 aromatic heterocycles. The van der Waals surface area contributed by atoms with Crippen molar-refractivity contribution < 1.29 is 0 Å². The van der Waals surface area contributed by atoms with Crippen LogP contribution in [0.4, 0.5) is 11.6 Å². The maximum Gasteiger partial charge on any atom is 0.225 e. The molecule has 0 spiro atoms. The minimum absolute atomic E-state index is 0.701. The van der Waals surface area contributed by atoms with Crippen molar-refractivity contribution in [3.63, 3.8) is 0 Å². The van der Waals surface area contributed by atoms with E-state index < -0.39 is 0 Å². The van der Waals surface area contributed by atoms with Gasteiger partial charge in [-0.2, -0.15) is 0 Å². The highest BCUT2D eigenvalue weighted by atomic mass is 35.5. The summed E-state index contributed by atoms with van der Waals surface area (Å²) < 4.78 is 0. The first-order valence-corrected chi connectivity index (χ1v) is 6.59. The summed E-state index contributed by atoms with van der Waals surface area (Å²) >= 11 is 6.17. The van der Waals surface area contributed by atoms with Crippen molar-refractivity contribution in [3.05, 3.63) is 41.9 Å². The maximum atomic E-state index is 6.17. The summed E-state index contributed by atoms with van der Waals surface area (Å²) in [4.78, 5) is 17.0. The summed E-state index contributed by atoms with van der Waals surface area (Å²) in [6.07, 6.45) is 7.00. The molecule has 3 rings (SSSR count). The Bertz CT molecular complexity index is 540. The van der Waals surface area contributed by atoms with E-state index in [0.717, 1.165) is 37.8 Å². The second-order valence-electron chi connectivity index (χ2n) is 4.35. The molecule has 3 heterocycles. The topological polar surface area (TPSA) is 45.2 Å². The van der Waals surface area contributed by atoms with Gasteiger partial charge in [-0.05, 0) is 12.1 Å². The van der Waals surface area contributed by atoms with E-state index in [2.05, 4.69) is 24.8 Å². The van der Waals surface area contributed by atoms with Gasteiger partial charge in [-0.15, -0.1) is 0 Å². The third-order valence-corrected chi connectivity index (χ3v) is 3.50. The van der Waals surface area contributed by atoms with Crippen molar-refractivity contribution in [2.45, 2.75) is 0 Å². The first-order valence-electron chi connectivity index (χ1n) is 6.21. The van der Waals surface area contributed by atoms with Gasteiger partial charge in [0.15, 0.2) is 0 Å². The van der Waals surface area contributed by atoms with E-state index in [4.69, 9.17) is 11.6 Å². The van der Waals surface area contributed by atoms with Crippen LogP contribution in [-0.2, 0) is 0 Å². The smallest absolute Gasteiger partial charge is 0.225 e. The number of halogens is 1. The van der Waals surface area contributed by atoms with Gasteiger partial charge in [0.1, 0.15) is 0 Å². The van der Waals surface area contributed by atoms with Gasteiger partial charge in [0.2, 0.25) is 5.95 Å². The predicted octanol–water partition coefficient (Wildman–Crippen LogP) is 1.85. The lowest BCUT2D eigenvalue weighted by Crippen LogP contribution is -2.47. The zero-order valence-corrected chi connectivity index (χ0v) is 11.2. The fourth-order valence-electron chi connectivity index (χ4n) is 2.23. The SMILES string of the molecule is Clc1cnccc1N1CCN(c2ncccn2)CC1. The van der Waals surface area contributed by atoms with Crippen LogP contribution in [0.25, 0.3) is 0 Å². The molecule has 0 aromatic carbocycles. The number of nitrogens with zero attached hydrogens (tertiary/aromatic N) is 5. The Hall–Kier alpha value is -1.88. The molecule has 0 aliphatic carbocycles. The molecule has 98 valence electrons. The second-order valence-corrected chi connectivity index (χ2v) is 4.76. The van der Waals surface area contributed by atoms with Crippen LogP contribution in [0.2, 0.25) is 5.02 Å². The predicted molar refractivity (Wildman–Crippen MR) is 75.7 cm³/mol. The van der Waals surface area contributed by atoms with Crippen LogP contribution < -0.4 is 9.80 Å². The van der Waals surface area contributed by atoms with E-state index in [1.165, 1.54) is 0 Å². The number of hydrogen-bond acceptors (Lipinski definition) is 5. The minimum Gasteiger partial charge on any atom is -0.367 e. The molecule has 2 aromatic rings. The lowest BCUT2D eigenvalue weighted by atomic mass is 10.3. The molecule has 5 nitrogen and oxygen atoms in total. The number of aromatic nitrogens is 3. The highest BCUT2D eigenvalue weighted by Gasteiger charge is 2.20. The van der Waals surface area contributed by atoms with E-state index in [1.54, 1.807) is 24.8 Å². The van der Waals surface area contributed by atoms with Gasteiger partial charge >= 0.3 is 0 Å². The fraction of sp³-hybridized carbons (Fsp3) is 0.308. The molecular formula is C13H14ClN5. The summed E-state index contributed by atoms with van der Waals surface area (Å²) in [7, 11) is 0. The molecule has 0 unspecified atom stereocenters. The summed E-state index contributed by atoms with van der Waals surface area (Å²) in [6.45, 7) is 3.59. The number of rotatable bonds is 2. The molecule has 0 bridgehead atoms. The molecule has 0 radical (unpaired) electrons. The normalized spacial score (nSPS) is 15.6. The van der Waals surface area contributed by atoms with Crippen molar-refractivity contribution >= 4 is 23.2 Å². The van der Waals surface area contributed by atoms with Crippen LogP contribution in [0.5, 0.6) is 0 Å². The van der Waals surface area contributed by atoms with Gasteiger partial charge < -0.3 is 9.80 Å². The average Bonchev–Trinajstić information content (AvgIpc) is 2.49. The summed E-state index contributed by atoms with van der Waals surface area (Å²) in [6, 6.07) is 3.79. The van der Waals surface area contributed by atoms with E-state index >= 15 is 0 Å². The van der Waals surface area contributed by atoms with Crippen LogP contribution >= 0.6 is 11.6 Å². The third-order valence-electron chi connectivity index (χ3n) is 3.21. The van der Waals surface area contributed by atoms with Gasteiger partial charge in [-0.3, -0.25) is 4.98 Å². The summed E-state index contributed by atoms with van der Waals surface area (Å²) in [5.41, 5.74) is 1.05. The molecule has 6 heteroatoms. The first-order chi connectivity index (χ1) is 9.34. The molecular weight excluding hydrogens is 262 g/mol. The molecule has 1 saturated heterocycles. The molecule has 0 saturated carbocycles. The summed E-state index contributed by atoms with van der Waals surface area (Å²) in [5.74, 6) is 0.794. The third kappa shape index (κ3) is 2.61. The van der Waals surface area contributed by atoms with E-state index in [1.807, 2.05) is 12.1 Å². The first kappa shape index (κ1) is 12.2. The zero-order valence-electron chi connectivity index (χ0n) is 10.4.